The second-order valence-electron chi connectivity index (χ2n) is 4.20. The first kappa shape index (κ1) is 14.0. The minimum atomic E-state index is -0.146. The molecule has 2 rings (SSSR count). The molecule has 2 aromatic rings. The first-order valence-electron chi connectivity index (χ1n) is 6.45. The lowest BCUT2D eigenvalue weighted by Crippen LogP contribution is -2.22. The number of carbonyl (C=O) groups is 1. The summed E-state index contributed by atoms with van der Waals surface area (Å²) in [6.07, 6.45) is 3.67. The molecule has 1 aromatic carbocycles. The zero-order valence-electron chi connectivity index (χ0n) is 11.6. The first-order chi connectivity index (χ1) is 9.74. The van der Waals surface area contributed by atoms with Gasteiger partial charge in [-0.2, -0.15) is 0 Å². The molecular formula is C15H18N2O3. The van der Waals surface area contributed by atoms with E-state index in [1.165, 1.54) is 0 Å². The van der Waals surface area contributed by atoms with Crippen molar-refractivity contribution in [3.63, 3.8) is 0 Å². The van der Waals surface area contributed by atoms with Crippen LogP contribution in [0, 0.1) is 0 Å². The number of amides is 1. The van der Waals surface area contributed by atoms with Crippen molar-refractivity contribution in [1.82, 2.24) is 10.3 Å². The Morgan fingerprint density at radius 3 is 2.80 bits per heavy atom. The highest BCUT2D eigenvalue weighted by Crippen LogP contribution is 2.27. The maximum absolute atomic E-state index is 12.1. The summed E-state index contributed by atoms with van der Waals surface area (Å²) in [4.78, 5) is 15.0. The van der Waals surface area contributed by atoms with E-state index in [1.54, 1.807) is 25.3 Å². The van der Waals surface area contributed by atoms with Crippen molar-refractivity contribution < 1.29 is 14.3 Å². The van der Waals surface area contributed by atoms with Gasteiger partial charge in [0.15, 0.2) is 11.5 Å². The predicted molar refractivity (Wildman–Crippen MR) is 76.1 cm³/mol. The number of ether oxygens (including phenoxy) is 2. The lowest BCUT2D eigenvalue weighted by atomic mass is 10.2. The average Bonchev–Trinajstić information content (AvgIpc) is 2.98. The first-order valence-corrected chi connectivity index (χ1v) is 6.45. The van der Waals surface area contributed by atoms with Gasteiger partial charge in [-0.15, -0.1) is 0 Å². The van der Waals surface area contributed by atoms with E-state index in [0.29, 0.717) is 30.2 Å². The number of methoxy groups -OCH3 is 1. The Bertz CT molecular complexity index is 565. The zero-order chi connectivity index (χ0) is 14.4. The topological polar surface area (TPSA) is 63.3 Å². The molecule has 0 atom stereocenters. The van der Waals surface area contributed by atoms with E-state index in [0.717, 1.165) is 5.56 Å². The molecule has 0 aliphatic carbocycles. The molecule has 0 aliphatic rings. The SMILES string of the molecule is CCOc1ccc(C(=O)NCc2cc[nH]c2)cc1OC. The standard InChI is InChI=1S/C15H18N2O3/c1-3-20-13-5-4-12(8-14(13)19-2)15(18)17-10-11-6-7-16-9-11/h4-9,16H,3,10H2,1-2H3,(H,17,18). The van der Waals surface area contributed by atoms with Crippen LogP contribution in [-0.2, 0) is 6.54 Å². The molecule has 0 spiro atoms. The van der Waals surface area contributed by atoms with Gasteiger partial charge >= 0.3 is 0 Å². The van der Waals surface area contributed by atoms with Gasteiger partial charge in [0.2, 0.25) is 0 Å². The number of nitrogens with one attached hydrogen (secondary N) is 2. The van der Waals surface area contributed by atoms with Crippen molar-refractivity contribution in [2.45, 2.75) is 13.5 Å². The highest BCUT2D eigenvalue weighted by atomic mass is 16.5. The lowest BCUT2D eigenvalue weighted by molar-refractivity contribution is 0.0950. The number of aromatic amines is 1. The van der Waals surface area contributed by atoms with Gasteiger partial charge in [0, 0.05) is 24.5 Å². The Labute approximate surface area is 117 Å². The molecule has 0 saturated carbocycles. The monoisotopic (exact) mass is 274 g/mol. The molecule has 20 heavy (non-hydrogen) atoms. The summed E-state index contributed by atoms with van der Waals surface area (Å²) in [6.45, 7) is 2.93. The van der Waals surface area contributed by atoms with Crippen molar-refractivity contribution in [2.75, 3.05) is 13.7 Å². The summed E-state index contributed by atoms with van der Waals surface area (Å²) in [7, 11) is 1.55. The van der Waals surface area contributed by atoms with Crippen LogP contribution in [0.15, 0.2) is 36.7 Å². The Morgan fingerprint density at radius 2 is 2.15 bits per heavy atom. The normalized spacial score (nSPS) is 10.1. The third kappa shape index (κ3) is 3.32. The lowest BCUT2D eigenvalue weighted by Gasteiger charge is -2.11. The van der Waals surface area contributed by atoms with Crippen molar-refractivity contribution >= 4 is 5.91 Å². The maximum Gasteiger partial charge on any atom is 0.251 e. The van der Waals surface area contributed by atoms with Crippen LogP contribution in [-0.4, -0.2) is 24.6 Å². The number of rotatable bonds is 6. The zero-order valence-corrected chi connectivity index (χ0v) is 11.6. The Morgan fingerprint density at radius 1 is 1.30 bits per heavy atom. The predicted octanol–water partition coefficient (Wildman–Crippen LogP) is 2.35. The van der Waals surface area contributed by atoms with Gasteiger partial charge in [-0.1, -0.05) is 0 Å². The van der Waals surface area contributed by atoms with Gasteiger partial charge in [-0.25, -0.2) is 0 Å². The number of benzene rings is 1. The van der Waals surface area contributed by atoms with Crippen LogP contribution in [0.25, 0.3) is 0 Å². The van der Waals surface area contributed by atoms with Gasteiger partial charge in [0.1, 0.15) is 0 Å². The molecule has 106 valence electrons. The highest BCUT2D eigenvalue weighted by Gasteiger charge is 2.10. The van der Waals surface area contributed by atoms with Gasteiger partial charge < -0.3 is 19.8 Å². The number of H-pyrrole nitrogens is 1. The summed E-state index contributed by atoms with van der Waals surface area (Å²) in [5.41, 5.74) is 1.57. The molecule has 1 aromatic heterocycles. The van der Waals surface area contributed by atoms with Crippen molar-refractivity contribution in [3.05, 3.63) is 47.8 Å². The minimum absolute atomic E-state index is 0.146. The second kappa shape index (κ2) is 6.65. The Hall–Kier alpha value is -2.43. The summed E-state index contributed by atoms with van der Waals surface area (Å²) in [6, 6.07) is 7.06. The van der Waals surface area contributed by atoms with Crippen LogP contribution in [0.1, 0.15) is 22.8 Å². The third-order valence-electron chi connectivity index (χ3n) is 2.84. The summed E-state index contributed by atoms with van der Waals surface area (Å²) in [5.74, 6) is 1.05. The second-order valence-corrected chi connectivity index (χ2v) is 4.20. The number of hydrogen-bond donors (Lipinski definition) is 2. The maximum atomic E-state index is 12.1. The molecule has 0 bridgehead atoms. The molecule has 5 heteroatoms. The number of hydrogen-bond acceptors (Lipinski definition) is 3. The van der Waals surface area contributed by atoms with Gasteiger partial charge in [-0.05, 0) is 36.8 Å². The van der Waals surface area contributed by atoms with E-state index in [1.807, 2.05) is 25.4 Å². The fraction of sp³-hybridized carbons (Fsp3) is 0.267. The summed E-state index contributed by atoms with van der Waals surface area (Å²) < 4.78 is 10.6. The Kier molecular flexibility index (Phi) is 4.65. The van der Waals surface area contributed by atoms with Crippen molar-refractivity contribution in [2.24, 2.45) is 0 Å². The van der Waals surface area contributed by atoms with Crippen LogP contribution in [0.3, 0.4) is 0 Å². The molecule has 5 nitrogen and oxygen atoms in total. The smallest absolute Gasteiger partial charge is 0.251 e. The van der Waals surface area contributed by atoms with E-state index in [2.05, 4.69) is 10.3 Å². The fourth-order valence-electron chi connectivity index (χ4n) is 1.84. The molecule has 0 unspecified atom stereocenters. The van der Waals surface area contributed by atoms with Crippen LogP contribution < -0.4 is 14.8 Å². The molecule has 0 aliphatic heterocycles. The van der Waals surface area contributed by atoms with E-state index in [-0.39, 0.29) is 5.91 Å². The minimum Gasteiger partial charge on any atom is -0.493 e. The van der Waals surface area contributed by atoms with Crippen molar-refractivity contribution in [3.8, 4) is 11.5 Å². The van der Waals surface area contributed by atoms with E-state index >= 15 is 0 Å². The number of aromatic nitrogens is 1. The molecule has 2 N–H and O–H groups in total. The van der Waals surface area contributed by atoms with Crippen molar-refractivity contribution in [1.29, 1.82) is 0 Å². The van der Waals surface area contributed by atoms with Gasteiger partial charge in [0.05, 0.1) is 13.7 Å². The van der Waals surface area contributed by atoms with Crippen LogP contribution >= 0.6 is 0 Å². The fourth-order valence-corrected chi connectivity index (χ4v) is 1.84. The van der Waals surface area contributed by atoms with Gasteiger partial charge in [0.25, 0.3) is 5.91 Å². The van der Waals surface area contributed by atoms with E-state index in [4.69, 9.17) is 9.47 Å². The molecule has 0 fully saturated rings. The number of carbonyl (C=O) groups excluding carboxylic acids is 1. The van der Waals surface area contributed by atoms with Crippen LogP contribution in [0.4, 0.5) is 0 Å². The average molecular weight is 274 g/mol. The summed E-state index contributed by atoms with van der Waals surface area (Å²) in [5, 5.41) is 2.85. The van der Waals surface area contributed by atoms with Gasteiger partial charge in [-0.3, -0.25) is 4.79 Å². The molecule has 1 amide bonds. The van der Waals surface area contributed by atoms with Crippen LogP contribution in [0.5, 0.6) is 11.5 Å². The summed E-state index contributed by atoms with van der Waals surface area (Å²) >= 11 is 0. The molecule has 0 saturated heterocycles. The van der Waals surface area contributed by atoms with E-state index < -0.39 is 0 Å². The van der Waals surface area contributed by atoms with E-state index in [9.17, 15) is 4.79 Å². The molecule has 1 heterocycles. The highest BCUT2D eigenvalue weighted by molar-refractivity contribution is 5.94. The molecule has 0 radical (unpaired) electrons. The van der Waals surface area contributed by atoms with Crippen LogP contribution in [0.2, 0.25) is 0 Å². The quantitative estimate of drug-likeness (QED) is 0.850. The third-order valence-corrected chi connectivity index (χ3v) is 2.84. The Balaban J connectivity index is 2.05. The largest absolute Gasteiger partial charge is 0.493 e. The molecular weight excluding hydrogens is 256 g/mol.